The number of ether oxygens (including phenoxy) is 2. The van der Waals surface area contributed by atoms with Gasteiger partial charge in [0.15, 0.2) is 0 Å². The summed E-state index contributed by atoms with van der Waals surface area (Å²) in [7, 11) is 3.17. The summed E-state index contributed by atoms with van der Waals surface area (Å²) in [4.78, 5) is 12.0. The van der Waals surface area contributed by atoms with Crippen molar-refractivity contribution in [2.24, 2.45) is 5.10 Å². The summed E-state index contributed by atoms with van der Waals surface area (Å²) in [5, 5.41) is 3.95. The van der Waals surface area contributed by atoms with E-state index >= 15 is 0 Å². The van der Waals surface area contributed by atoms with Crippen LogP contribution in [-0.2, 0) is 0 Å². The van der Waals surface area contributed by atoms with Gasteiger partial charge in [-0.3, -0.25) is 4.79 Å². The maximum absolute atomic E-state index is 12.0. The monoisotopic (exact) mass is 410 g/mol. The van der Waals surface area contributed by atoms with E-state index in [4.69, 9.17) is 9.47 Å². The molecule has 2 rings (SSSR count). The van der Waals surface area contributed by atoms with Gasteiger partial charge in [-0.15, -0.1) is 0 Å². The van der Waals surface area contributed by atoms with Crippen molar-refractivity contribution in [3.05, 3.63) is 57.2 Å². The molecule has 22 heavy (non-hydrogen) atoms. The second kappa shape index (κ2) is 7.79. The molecule has 0 aliphatic rings. The lowest BCUT2D eigenvalue weighted by Crippen LogP contribution is -2.17. The fourth-order valence-electron chi connectivity index (χ4n) is 1.75. The van der Waals surface area contributed by atoms with Crippen LogP contribution in [0.2, 0.25) is 0 Å². The number of hydrogen-bond donors (Lipinski definition) is 1. The molecule has 0 spiro atoms. The van der Waals surface area contributed by atoms with Gasteiger partial charge in [0.1, 0.15) is 11.5 Å². The van der Waals surface area contributed by atoms with Crippen LogP contribution in [0.5, 0.6) is 11.5 Å². The summed E-state index contributed by atoms with van der Waals surface area (Å²) in [6.07, 6.45) is 1.56. The van der Waals surface area contributed by atoms with Crippen LogP contribution < -0.4 is 14.9 Å². The van der Waals surface area contributed by atoms with Crippen molar-refractivity contribution in [3.63, 3.8) is 0 Å². The van der Waals surface area contributed by atoms with E-state index in [1.807, 2.05) is 30.3 Å². The Morgan fingerprint density at radius 2 is 2.00 bits per heavy atom. The van der Waals surface area contributed by atoms with Crippen LogP contribution in [0.4, 0.5) is 0 Å². The molecule has 114 valence electrons. The van der Waals surface area contributed by atoms with Gasteiger partial charge in [0.2, 0.25) is 0 Å². The van der Waals surface area contributed by atoms with Crippen molar-refractivity contribution in [1.82, 2.24) is 5.43 Å². The molecule has 0 aromatic heterocycles. The van der Waals surface area contributed by atoms with Crippen LogP contribution in [-0.4, -0.2) is 26.3 Å². The van der Waals surface area contributed by atoms with Crippen molar-refractivity contribution in [2.75, 3.05) is 14.2 Å². The van der Waals surface area contributed by atoms with E-state index < -0.39 is 0 Å². The van der Waals surface area contributed by atoms with E-state index in [2.05, 4.69) is 33.1 Å². The topological polar surface area (TPSA) is 59.9 Å². The maximum atomic E-state index is 12.0. The number of carbonyl (C=O) groups is 1. The average Bonchev–Trinajstić information content (AvgIpc) is 2.55. The Balaban J connectivity index is 2.04. The third-order valence-electron chi connectivity index (χ3n) is 2.89. The molecule has 0 aliphatic carbocycles. The van der Waals surface area contributed by atoms with Gasteiger partial charge in [-0.25, -0.2) is 5.43 Å². The van der Waals surface area contributed by atoms with E-state index in [-0.39, 0.29) is 5.91 Å². The van der Waals surface area contributed by atoms with Gasteiger partial charge >= 0.3 is 0 Å². The lowest BCUT2D eigenvalue weighted by Gasteiger charge is -2.05. The summed E-state index contributed by atoms with van der Waals surface area (Å²) in [5.41, 5.74) is 3.81. The number of hydrogen-bond acceptors (Lipinski definition) is 4. The minimum atomic E-state index is -0.297. The van der Waals surface area contributed by atoms with E-state index in [9.17, 15) is 4.79 Å². The molecule has 2 aromatic rings. The molecule has 1 amide bonds. The number of nitrogens with zero attached hydrogens (tertiary/aromatic N) is 1. The predicted molar refractivity (Wildman–Crippen MR) is 93.8 cm³/mol. The summed E-state index contributed by atoms with van der Waals surface area (Å²) in [6, 6.07) is 12.6. The van der Waals surface area contributed by atoms with Crippen LogP contribution in [0, 0.1) is 3.57 Å². The Hall–Kier alpha value is -2.09. The number of rotatable bonds is 5. The van der Waals surface area contributed by atoms with Crippen LogP contribution in [0.1, 0.15) is 15.9 Å². The molecule has 0 atom stereocenters. The largest absolute Gasteiger partial charge is 0.497 e. The van der Waals surface area contributed by atoms with Gasteiger partial charge < -0.3 is 9.47 Å². The highest BCUT2D eigenvalue weighted by Gasteiger charge is 2.08. The smallest absolute Gasteiger partial charge is 0.271 e. The SMILES string of the molecule is COc1cccc(/C=N\NC(=O)c2ccc(I)c(OC)c2)c1. The number of hydrazone groups is 1. The molecule has 0 radical (unpaired) electrons. The van der Waals surface area contributed by atoms with E-state index in [1.165, 1.54) is 0 Å². The normalized spacial score (nSPS) is 10.5. The molecule has 0 fully saturated rings. The van der Waals surface area contributed by atoms with Gasteiger partial charge in [-0.2, -0.15) is 5.10 Å². The second-order valence-corrected chi connectivity index (χ2v) is 5.49. The first-order valence-electron chi connectivity index (χ1n) is 6.45. The zero-order valence-electron chi connectivity index (χ0n) is 12.2. The number of benzene rings is 2. The average molecular weight is 410 g/mol. The van der Waals surface area contributed by atoms with Crippen LogP contribution in [0.15, 0.2) is 47.6 Å². The Bertz CT molecular complexity index is 702. The minimum Gasteiger partial charge on any atom is -0.497 e. The van der Waals surface area contributed by atoms with E-state index in [0.29, 0.717) is 11.3 Å². The lowest BCUT2D eigenvalue weighted by molar-refractivity contribution is 0.0955. The van der Waals surface area contributed by atoms with Crippen molar-refractivity contribution in [1.29, 1.82) is 0 Å². The van der Waals surface area contributed by atoms with Crippen LogP contribution >= 0.6 is 22.6 Å². The highest BCUT2D eigenvalue weighted by molar-refractivity contribution is 14.1. The standard InChI is InChI=1S/C16H15IN2O3/c1-21-13-5-3-4-11(8-13)10-18-19-16(20)12-6-7-14(17)15(9-12)22-2/h3-10H,1-2H3,(H,19,20)/b18-10-. The molecule has 6 heteroatoms. The zero-order chi connectivity index (χ0) is 15.9. The van der Waals surface area contributed by atoms with Crippen LogP contribution in [0.25, 0.3) is 0 Å². The predicted octanol–water partition coefficient (Wildman–Crippen LogP) is 3.07. The highest BCUT2D eigenvalue weighted by atomic mass is 127. The molecular weight excluding hydrogens is 395 g/mol. The maximum Gasteiger partial charge on any atom is 0.271 e. The molecule has 0 heterocycles. The molecule has 5 nitrogen and oxygen atoms in total. The third kappa shape index (κ3) is 4.20. The molecular formula is C16H15IN2O3. The molecule has 0 unspecified atom stereocenters. The van der Waals surface area contributed by atoms with Crippen LogP contribution in [0.3, 0.4) is 0 Å². The summed E-state index contributed by atoms with van der Waals surface area (Å²) in [6.45, 7) is 0. The Morgan fingerprint density at radius 3 is 2.73 bits per heavy atom. The molecule has 0 saturated heterocycles. The van der Waals surface area contributed by atoms with Crippen molar-refractivity contribution < 1.29 is 14.3 Å². The summed E-state index contributed by atoms with van der Waals surface area (Å²) < 4.78 is 11.3. The Labute approximate surface area is 142 Å². The Kier molecular flexibility index (Phi) is 5.76. The number of halogens is 1. The van der Waals surface area contributed by atoms with Crippen molar-refractivity contribution in [2.45, 2.75) is 0 Å². The molecule has 0 saturated carbocycles. The lowest BCUT2D eigenvalue weighted by atomic mass is 10.2. The number of carbonyl (C=O) groups excluding carboxylic acids is 1. The second-order valence-electron chi connectivity index (χ2n) is 4.33. The highest BCUT2D eigenvalue weighted by Crippen LogP contribution is 2.21. The van der Waals surface area contributed by atoms with Gasteiger partial charge in [0, 0.05) is 5.56 Å². The molecule has 1 N–H and O–H groups in total. The quantitative estimate of drug-likeness (QED) is 0.468. The summed E-state index contributed by atoms with van der Waals surface area (Å²) in [5.74, 6) is 1.09. The molecule has 0 bridgehead atoms. The Morgan fingerprint density at radius 1 is 1.18 bits per heavy atom. The van der Waals surface area contributed by atoms with Gasteiger partial charge in [0.05, 0.1) is 24.0 Å². The van der Waals surface area contributed by atoms with E-state index in [0.717, 1.165) is 14.9 Å². The molecule has 0 aliphatic heterocycles. The fourth-order valence-corrected chi connectivity index (χ4v) is 2.31. The number of amides is 1. The third-order valence-corrected chi connectivity index (χ3v) is 3.78. The first kappa shape index (κ1) is 16.3. The van der Waals surface area contributed by atoms with E-state index in [1.54, 1.807) is 32.6 Å². The van der Waals surface area contributed by atoms with Gasteiger partial charge in [0.25, 0.3) is 5.91 Å². The fraction of sp³-hybridized carbons (Fsp3) is 0.125. The zero-order valence-corrected chi connectivity index (χ0v) is 14.3. The minimum absolute atomic E-state index is 0.297. The van der Waals surface area contributed by atoms with Gasteiger partial charge in [-0.05, 0) is 58.5 Å². The van der Waals surface area contributed by atoms with Crippen molar-refractivity contribution >= 4 is 34.7 Å². The first-order valence-corrected chi connectivity index (χ1v) is 7.53. The van der Waals surface area contributed by atoms with Crippen molar-refractivity contribution in [3.8, 4) is 11.5 Å². The number of nitrogens with one attached hydrogen (secondary N) is 1. The first-order chi connectivity index (χ1) is 10.6. The van der Waals surface area contributed by atoms with Gasteiger partial charge in [-0.1, -0.05) is 12.1 Å². The number of methoxy groups -OCH3 is 2. The molecule has 2 aromatic carbocycles. The summed E-state index contributed by atoms with van der Waals surface area (Å²) >= 11 is 2.15.